The number of Topliss-reactive ketones (excluding diaryl/α,β-unsaturated/α-hetero) is 1. The van der Waals surface area contributed by atoms with E-state index in [0.29, 0.717) is 23.2 Å². The lowest BCUT2D eigenvalue weighted by Gasteiger charge is -2.00. The topological polar surface area (TPSA) is 66.4 Å². The SMILES string of the molecule is O=C1Nc2cccc(C=CCCO)c2C1=O. The second-order valence-electron chi connectivity index (χ2n) is 3.47. The van der Waals surface area contributed by atoms with Gasteiger partial charge < -0.3 is 10.4 Å². The van der Waals surface area contributed by atoms with Crippen LogP contribution in [0.2, 0.25) is 0 Å². The lowest BCUT2D eigenvalue weighted by molar-refractivity contribution is -0.112. The maximum absolute atomic E-state index is 11.6. The van der Waals surface area contributed by atoms with Crippen molar-refractivity contribution in [3.05, 3.63) is 35.4 Å². The predicted molar refractivity (Wildman–Crippen MR) is 60.1 cm³/mol. The molecule has 0 radical (unpaired) electrons. The van der Waals surface area contributed by atoms with Crippen molar-refractivity contribution < 1.29 is 14.7 Å². The van der Waals surface area contributed by atoms with E-state index in [-0.39, 0.29) is 6.61 Å². The summed E-state index contributed by atoms with van der Waals surface area (Å²) >= 11 is 0. The van der Waals surface area contributed by atoms with Gasteiger partial charge in [-0.2, -0.15) is 0 Å². The normalized spacial score (nSPS) is 14.3. The fourth-order valence-corrected chi connectivity index (χ4v) is 1.64. The van der Waals surface area contributed by atoms with E-state index in [1.54, 1.807) is 30.4 Å². The van der Waals surface area contributed by atoms with E-state index in [1.807, 2.05) is 0 Å². The number of amides is 1. The van der Waals surface area contributed by atoms with Crippen molar-refractivity contribution in [2.75, 3.05) is 11.9 Å². The molecule has 1 amide bonds. The van der Waals surface area contributed by atoms with Crippen molar-refractivity contribution in [1.29, 1.82) is 0 Å². The Hall–Kier alpha value is -1.94. The summed E-state index contributed by atoms with van der Waals surface area (Å²) < 4.78 is 0. The molecule has 0 bridgehead atoms. The molecule has 0 aromatic heterocycles. The van der Waals surface area contributed by atoms with Crippen molar-refractivity contribution >= 4 is 23.5 Å². The van der Waals surface area contributed by atoms with Gasteiger partial charge in [-0.15, -0.1) is 0 Å². The highest BCUT2D eigenvalue weighted by molar-refractivity contribution is 6.52. The molecule has 1 aliphatic heterocycles. The zero-order chi connectivity index (χ0) is 11.5. The molecular formula is C12H11NO3. The van der Waals surface area contributed by atoms with E-state index in [2.05, 4.69) is 5.32 Å². The standard InChI is InChI=1S/C12H11NO3/c14-7-2-1-4-8-5-3-6-9-10(8)11(15)12(16)13-9/h1,3-6,14H,2,7H2,(H,13,15,16). The quantitative estimate of drug-likeness (QED) is 0.748. The third kappa shape index (κ3) is 1.75. The van der Waals surface area contributed by atoms with Crippen LogP contribution in [0.3, 0.4) is 0 Å². The van der Waals surface area contributed by atoms with E-state index >= 15 is 0 Å². The van der Waals surface area contributed by atoms with Crippen LogP contribution in [0.25, 0.3) is 6.08 Å². The highest BCUT2D eigenvalue weighted by Crippen LogP contribution is 2.27. The van der Waals surface area contributed by atoms with Crippen LogP contribution < -0.4 is 5.32 Å². The Morgan fingerprint density at radius 3 is 2.88 bits per heavy atom. The van der Waals surface area contributed by atoms with Gasteiger partial charge in [0.2, 0.25) is 0 Å². The number of ketones is 1. The van der Waals surface area contributed by atoms with Gasteiger partial charge in [0.25, 0.3) is 11.7 Å². The minimum atomic E-state index is -0.585. The van der Waals surface area contributed by atoms with Crippen LogP contribution in [0.4, 0.5) is 5.69 Å². The van der Waals surface area contributed by atoms with Crippen LogP contribution in [0.5, 0.6) is 0 Å². The number of hydrogen-bond donors (Lipinski definition) is 2. The van der Waals surface area contributed by atoms with Crippen LogP contribution in [0, 0.1) is 0 Å². The van der Waals surface area contributed by atoms with E-state index < -0.39 is 11.7 Å². The lowest BCUT2D eigenvalue weighted by atomic mass is 10.0. The molecule has 2 rings (SSSR count). The summed E-state index contributed by atoms with van der Waals surface area (Å²) in [5.74, 6) is -1.09. The molecule has 1 heterocycles. The van der Waals surface area contributed by atoms with Crippen molar-refractivity contribution in [2.24, 2.45) is 0 Å². The number of anilines is 1. The maximum Gasteiger partial charge on any atom is 0.296 e. The average molecular weight is 217 g/mol. The number of hydrogen-bond acceptors (Lipinski definition) is 3. The zero-order valence-electron chi connectivity index (χ0n) is 8.56. The van der Waals surface area contributed by atoms with Crippen molar-refractivity contribution in [3.8, 4) is 0 Å². The van der Waals surface area contributed by atoms with Gasteiger partial charge in [-0.05, 0) is 18.1 Å². The summed E-state index contributed by atoms with van der Waals surface area (Å²) in [6.07, 6.45) is 4.04. The van der Waals surface area contributed by atoms with E-state index in [0.717, 1.165) is 0 Å². The molecule has 82 valence electrons. The van der Waals surface area contributed by atoms with Crippen molar-refractivity contribution in [1.82, 2.24) is 0 Å². The first-order chi connectivity index (χ1) is 7.74. The monoisotopic (exact) mass is 217 g/mol. The second-order valence-corrected chi connectivity index (χ2v) is 3.47. The minimum Gasteiger partial charge on any atom is -0.396 e. The summed E-state index contributed by atoms with van der Waals surface area (Å²) in [6, 6.07) is 5.24. The molecular weight excluding hydrogens is 206 g/mol. The highest BCUT2D eigenvalue weighted by atomic mass is 16.2. The molecule has 1 aromatic carbocycles. The highest BCUT2D eigenvalue weighted by Gasteiger charge is 2.29. The molecule has 0 fully saturated rings. The minimum absolute atomic E-state index is 0.0661. The molecule has 0 saturated heterocycles. The predicted octanol–water partition coefficient (Wildman–Crippen LogP) is 1.22. The summed E-state index contributed by atoms with van der Waals surface area (Å²) in [5.41, 5.74) is 1.68. The summed E-state index contributed by atoms with van der Waals surface area (Å²) in [7, 11) is 0. The number of aliphatic hydroxyl groups is 1. The van der Waals surface area contributed by atoms with Crippen LogP contribution in [-0.2, 0) is 4.79 Å². The van der Waals surface area contributed by atoms with Crippen LogP contribution in [-0.4, -0.2) is 23.4 Å². The third-order valence-electron chi connectivity index (χ3n) is 2.37. The fraction of sp³-hybridized carbons (Fsp3) is 0.167. The average Bonchev–Trinajstić information content (AvgIpc) is 2.56. The zero-order valence-corrected chi connectivity index (χ0v) is 8.56. The van der Waals surface area contributed by atoms with Gasteiger partial charge in [0.1, 0.15) is 0 Å². The van der Waals surface area contributed by atoms with Crippen LogP contribution in [0.1, 0.15) is 22.3 Å². The van der Waals surface area contributed by atoms with Gasteiger partial charge in [0.05, 0.1) is 11.3 Å². The van der Waals surface area contributed by atoms with Gasteiger partial charge in [-0.25, -0.2) is 0 Å². The Morgan fingerprint density at radius 2 is 2.12 bits per heavy atom. The molecule has 4 nitrogen and oxygen atoms in total. The molecule has 1 aliphatic rings. The molecule has 0 aliphatic carbocycles. The number of aliphatic hydroxyl groups excluding tert-OH is 1. The first-order valence-electron chi connectivity index (χ1n) is 5.00. The molecule has 0 saturated carbocycles. The maximum atomic E-state index is 11.6. The molecule has 2 N–H and O–H groups in total. The first kappa shape index (κ1) is 10.6. The summed E-state index contributed by atoms with van der Waals surface area (Å²) in [5, 5.41) is 11.2. The van der Waals surface area contributed by atoms with Crippen LogP contribution in [0.15, 0.2) is 24.3 Å². The lowest BCUT2D eigenvalue weighted by Crippen LogP contribution is -2.12. The summed E-state index contributed by atoms with van der Waals surface area (Å²) in [4.78, 5) is 22.7. The molecule has 1 aromatic rings. The number of fused-ring (bicyclic) bond motifs is 1. The smallest absolute Gasteiger partial charge is 0.296 e. The number of carbonyl (C=O) groups is 2. The Kier molecular flexibility index (Phi) is 2.83. The van der Waals surface area contributed by atoms with Crippen LogP contribution >= 0.6 is 0 Å². The Labute approximate surface area is 92.6 Å². The molecule has 0 unspecified atom stereocenters. The number of nitrogens with one attached hydrogen (secondary N) is 1. The first-order valence-corrected chi connectivity index (χ1v) is 5.00. The molecule has 0 atom stereocenters. The second kappa shape index (κ2) is 4.28. The Balaban J connectivity index is 2.39. The van der Waals surface area contributed by atoms with E-state index in [9.17, 15) is 9.59 Å². The Bertz CT molecular complexity index is 477. The summed E-state index contributed by atoms with van der Waals surface area (Å²) in [6.45, 7) is 0.0661. The fourth-order valence-electron chi connectivity index (χ4n) is 1.64. The number of rotatable bonds is 3. The van der Waals surface area contributed by atoms with Crippen molar-refractivity contribution in [2.45, 2.75) is 6.42 Å². The van der Waals surface area contributed by atoms with Gasteiger partial charge >= 0.3 is 0 Å². The molecule has 0 spiro atoms. The van der Waals surface area contributed by atoms with Crippen molar-refractivity contribution in [3.63, 3.8) is 0 Å². The molecule has 4 heteroatoms. The van der Waals surface area contributed by atoms with Gasteiger partial charge in [0.15, 0.2) is 0 Å². The molecule has 16 heavy (non-hydrogen) atoms. The van der Waals surface area contributed by atoms with Gasteiger partial charge in [-0.1, -0.05) is 24.3 Å². The largest absolute Gasteiger partial charge is 0.396 e. The third-order valence-corrected chi connectivity index (χ3v) is 2.37. The van der Waals surface area contributed by atoms with Gasteiger partial charge in [-0.3, -0.25) is 9.59 Å². The Morgan fingerprint density at radius 1 is 1.31 bits per heavy atom. The van der Waals surface area contributed by atoms with E-state index in [4.69, 9.17) is 5.11 Å². The number of benzene rings is 1. The van der Waals surface area contributed by atoms with Gasteiger partial charge in [0, 0.05) is 6.61 Å². The van der Waals surface area contributed by atoms with E-state index in [1.165, 1.54) is 0 Å². The number of carbonyl (C=O) groups excluding carboxylic acids is 2.